The van der Waals surface area contributed by atoms with Crippen LogP contribution in [0.5, 0.6) is 0 Å². The van der Waals surface area contributed by atoms with Gasteiger partial charge >= 0.3 is 0 Å². The monoisotopic (exact) mass is 341 g/mol. The fourth-order valence-electron chi connectivity index (χ4n) is 3.46. The van der Waals surface area contributed by atoms with E-state index in [2.05, 4.69) is 10.2 Å². The lowest BCUT2D eigenvalue weighted by molar-refractivity contribution is -0.130. The maximum absolute atomic E-state index is 12.4. The number of hydrogen-bond donors (Lipinski definition) is 2. The molecule has 134 valence electrons. The van der Waals surface area contributed by atoms with E-state index in [4.69, 9.17) is 0 Å². The van der Waals surface area contributed by atoms with Gasteiger partial charge in [-0.3, -0.25) is 9.89 Å². The number of fused-ring (bicyclic) bond motifs is 1. The Kier molecular flexibility index (Phi) is 5.87. The van der Waals surface area contributed by atoms with Crippen LogP contribution in [-0.2, 0) is 24.1 Å². The highest BCUT2D eigenvalue weighted by atomic mass is 16.3. The molecule has 1 aliphatic rings. The Morgan fingerprint density at radius 1 is 1.28 bits per heavy atom. The smallest absolute Gasteiger partial charge is 0.222 e. The van der Waals surface area contributed by atoms with Gasteiger partial charge in [-0.1, -0.05) is 30.3 Å². The summed E-state index contributed by atoms with van der Waals surface area (Å²) in [5.74, 6) is 0.104. The van der Waals surface area contributed by atoms with E-state index in [1.54, 1.807) is 11.9 Å². The molecule has 0 spiro atoms. The molecule has 0 saturated carbocycles. The molecule has 0 aliphatic heterocycles. The normalized spacial score (nSPS) is 14.8. The average Bonchev–Trinajstić information content (AvgIpc) is 3.07. The van der Waals surface area contributed by atoms with Crippen molar-refractivity contribution in [1.82, 2.24) is 15.1 Å². The summed E-state index contributed by atoms with van der Waals surface area (Å²) in [5, 5.41) is 17.7. The van der Waals surface area contributed by atoms with Gasteiger partial charge in [0.25, 0.3) is 0 Å². The highest BCUT2D eigenvalue weighted by molar-refractivity contribution is 5.76. The number of hydrogen-bond acceptors (Lipinski definition) is 3. The Balaban J connectivity index is 1.46. The number of aromatic nitrogens is 2. The average molecular weight is 341 g/mol. The van der Waals surface area contributed by atoms with Crippen molar-refractivity contribution in [2.75, 3.05) is 13.6 Å². The summed E-state index contributed by atoms with van der Waals surface area (Å²) >= 11 is 0. The minimum absolute atomic E-state index is 0.104. The van der Waals surface area contributed by atoms with Gasteiger partial charge in [-0.25, -0.2) is 0 Å². The van der Waals surface area contributed by atoms with Gasteiger partial charge < -0.3 is 10.0 Å². The minimum Gasteiger partial charge on any atom is -0.388 e. The largest absolute Gasteiger partial charge is 0.388 e. The third-order valence-corrected chi connectivity index (χ3v) is 5.07. The number of aromatic amines is 1. The van der Waals surface area contributed by atoms with Crippen LogP contribution in [0.15, 0.2) is 30.3 Å². The second-order valence-electron chi connectivity index (χ2n) is 6.86. The molecule has 5 heteroatoms. The van der Waals surface area contributed by atoms with Gasteiger partial charge in [-0.2, -0.15) is 5.10 Å². The summed E-state index contributed by atoms with van der Waals surface area (Å²) in [7, 11) is 1.81. The molecule has 2 N–H and O–H groups in total. The standard InChI is InChI=1S/C20H27N3O2/c1-23(14-13-19(24)15-7-3-2-4-8-15)20(25)12-11-18-16-9-5-6-10-17(16)21-22-18/h2-4,7-8,19,24H,5-6,9-14H2,1H3,(H,21,22). The van der Waals surface area contributed by atoms with Gasteiger partial charge in [0, 0.05) is 32.1 Å². The molecule has 1 unspecified atom stereocenters. The van der Waals surface area contributed by atoms with Crippen LogP contribution in [0.1, 0.15) is 54.3 Å². The zero-order valence-corrected chi connectivity index (χ0v) is 14.9. The number of carbonyl (C=O) groups excluding carboxylic acids is 1. The van der Waals surface area contributed by atoms with Gasteiger partial charge in [0.2, 0.25) is 5.91 Å². The maximum atomic E-state index is 12.4. The zero-order chi connectivity index (χ0) is 17.6. The highest BCUT2D eigenvalue weighted by Gasteiger charge is 2.18. The Labute approximate surface area is 149 Å². The lowest BCUT2D eigenvalue weighted by Crippen LogP contribution is -2.29. The van der Waals surface area contributed by atoms with Gasteiger partial charge in [-0.15, -0.1) is 0 Å². The second kappa shape index (κ2) is 8.30. The molecule has 0 bridgehead atoms. The van der Waals surface area contributed by atoms with E-state index >= 15 is 0 Å². The molecule has 2 aromatic rings. The molecule has 1 heterocycles. The number of carbonyl (C=O) groups is 1. The van der Waals surface area contributed by atoms with Crippen LogP contribution in [0.3, 0.4) is 0 Å². The van der Waals surface area contributed by atoms with Crippen LogP contribution in [0.4, 0.5) is 0 Å². The molecular formula is C20H27N3O2. The quantitative estimate of drug-likeness (QED) is 0.814. The number of nitrogens with one attached hydrogen (secondary N) is 1. The molecule has 0 saturated heterocycles. The van der Waals surface area contributed by atoms with E-state index in [1.807, 2.05) is 30.3 Å². The summed E-state index contributed by atoms with van der Waals surface area (Å²) in [6.07, 6.45) is 5.76. The number of aryl methyl sites for hydroxylation is 2. The first-order chi connectivity index (χ1) is 12.1. The molecule has 3 rings (SSSR count). The molecule has 1 aromatic carbocycles. The Hall–Kier alpha value is -2.14. The third kappa shape index (κ3) is 4.48. The highest BCUT2D eigenvalue weighted by Crippen LogP contribution is 2.23. The number of amides is 1. The molecule has 0 fully saturated rings. The molecule has 1 aliphatic carbocycles. The van der Waals surface area contributed by atoms with Crippen molar-refractivity contribution in [3.63, 3.8) is 0 Å². The summed E-state index contributed by atoms with van der Waals surface area (Å²) < 4.78 is 0. The molecule has 1 amide bonds. The van der Waals surface area contributed by atoms with E-state index < -0.39 is 6.10 Å². The van der Waals surface area contributed by atoms with E-state index in [9.17, 15) is 9.90 Å². The van der Waals surface area contributed by atoms with Crippen LogP contribution >= 0.6 is 0 Å². The third-order valence-electron chi connectivity index (χ3n) is 5.07. The van der Waals surface area contributed by atoms with Gasteiger partial charge in [-0.05, 0) is 43.2 Å². The van der Waals surface area contributed by atoms with Crippen molar-refractivity contribution < 1.29 is 9.90 Å². The van der Waals surface area contributed by atoms with Crippen molar-refractivity contribution >= 4 is 5.91 Å². The van der Waals surface area contributed by atoms with Crippen LogP contribution in [-0.4, -0.2) is 39.7 Å². The molecule has 0 radical (unpaired) electrons. The maximum Gasteiger partial charge on any atom is 0.222 e. The number of aliphatic hydroxyl groups is 1. The fraction of sp³-hybridized carbons (Fsp3) is 0.500. The summed E-state index contributed by atoms with van der Waals surface area (Å²) in [5.41, 5.74) is 4.54. The lowest BCUT2D eigenvalue weighted by atomic mass is 9.94. The van der Waals surface area contributed by atoms with Gasteiger partial charge in [0.15, 0.2) is 0 Å². The fourth-order valence-corrected chi connectivity index (χ4v) is 3.46. The van der Waals surface area contributed by atoms with Crippen molar-refractivity contribution in [2.45, 2.75) is 51.0 Å². The Bertz CT molecular complexity index is 696. The number of nitrogens with zero attached hydrogens (tertiary/aromatic N) is 2. The molecule has 1 atom stereocenters. The predicted molar refractivity (Wildman–Crippen MR) is 97.2 cm³/mol. The van der Waals surface area contributed by atoms with Crippen LogP contribution in [0.2, 0.25) is 0 Å². The van der Waals surface area contributed by atoms with Crippen molar-refractivity contribution in [2.24, 2.45) is 0 Å². The summed E-state index contributed by atoms with van der Waals surface area (Å²) in [4.78, 5) is 14.1. The first-order valence-electron chi connectivity index (χ1n) is 9.17. The second-order valence-corrected chi connectivity index (χ2v) is 6.86. The lowest BCUT2D eigenvalue weighted by Gasteiger charge is -2.19. The number of aliphatic hydroxyl groups excluding tert-OH is 1. The molecule has 25 heavy (non-hydrogen) atoms. The number of benzene rings is 1. The van der Waals surface area contributed by atoms with Crippen LogP contribution in [0, 0.1) is 0 Å². The van der Waals surface area contributed by atoms with Crippen molar-refractivity contribution in [3.05, 3.63) is 52.8 Å². The van der Waals surface area contributed by atoms with E-state index in [0.717, 1.165) is 24.1 Å². The molecular weight excluding hydrogens is 314 g/mol. The SMILES string of the molecule is CN(CCC(O)c1ccccc1)C(=O)CCc1n[nH]c2c1CCCC2. The van der Waals surface area contributed by atoms with E-state index in [1.165, 1.54) is 24.1 Å². The van der Waals surface area contributed by atoms with Gasteiger partial charge in [0.1, 0.15) is 0 Å². The first kappa shape index (κ1) is 17.7. The van der Waals surface area contributed by atoms with E-state index in [-0.39, 0.29) is 5.91 Å². The van der Waals surface area contributed by atoms with Crippen molar-refractivity contribution in [3.8, 4) is 0 Å². The Morgan fingerprint density at radius 2 is 2.04 bits per heavy atom. The Morgan fingerprint density at radius 3 is 2.84 bits per heavy atom. The van der Waals surface area contributed by atoms with Crippen LogP contribution < -0.4 is 0 Å². The van der Waals surface area contributed by atoms with Gasteiger partial charge in [0.05, 0.1) is 11.8 Å². The first-order valence-corrected chi connectivity index (χ1v) is 9.17. The van der Waals surface area contributed by atoms with Crippen molar-refractivity contribution in [1.29, 1.82) is 0 Å². The molecule has 5 nitrogen and oxygen atoms in total. The van der Waals surface area contributed by atoms with Crippen LogP contribution in [0.25, 0.3) is 0 Å². The summed E-state index contributed by atoms with van der Waals surface area (Å²) in [6.45, 7) is 0.549. The zero-order valence-electron chi connectivity index (χ0n) is 14.9. The topological polar surface area (TPSA) is 69.2 Å². The minimum atomic E-state index is -0.533. The number of H-pyrrole nitrogens is 1. The summed E-state index contributed by atoms with van der Waals surface area (Å²) in [6, 6.07) is 9.58. The number of rotatable bonds is 7. The molecule has 1 aromatic heterocycles. The predicted octanol–water partition coefficient (Wildman–Crippen LogP) is 2.80. The van der Waals surface area contributed by atoms with E-state index in [0.29, 0.717) is 25.8 Å².